The first-order valence-electron chi connectivity index (χ1n) is 33.7. The minimum absolute atomic E-state index is 0.0186. The molecule has 0 bridgehead atoms. The molecule has 0 heterocycles. The van der Waals surface area contributed by atoms with Gasteiger partial charge in [0.15, 0.2) is 0 Å². The SMILES string of the molecule is C/C=C(\NC(=O)[C@@H](CSC(c1ccccc1)(c1ccccc1)c1ccccc1)NC(=O)[C@H](NC(=O)OCC1c2ccccc2-c2ccccc21)C(C)C)C(=O)N[C@H](C(=O)OC(/C=C\CCSC(c1ccccc1)(c1ccccc1)c1ccccc1)CC(=O)OCC[Si](C)(C)C)C(C)C. The zero-order valence-electron chi connectivity index (χ0n) is 57.2. The van der Waals surface area contributed by atoms with Gasteiger partial charge in [0.05, 0.1) is 22.5 Å². The molecule has 4 amide bonds. The third-order valence-electron chi connectivity index (χ3n) is 17.5. The highest BCUT2D eigenvalue weighted by Crippen LogP contribution is 2.50. The lowest BCUT2D eigenvalue weighted by atomic mass is 9.84. The van der Waals surface area contributed by atoms with E-state index in [2.05, 4.69) is 126 Å². The molecule has 8 aromatic carbocycles. The topological polar surface area (TPSA) is 178 Å². The molecule has 0 fully saturated rings. The van der Waals surface area contributed by atoms with Gasteiger partial charge in [-0.15, -0.1) is 23.5 Å². The number of benzene rings is 8. The van der Waals surface area contributed by atoms with Gasteiger partial charge < -0.3 is 35.5 Å². The summed E-state index contributed by atoms with van der Waals surface area (Å²) in [6, 6.07) is 74.0. The summed E-state index contributed by atoms with van der Waals surface area (Å²) in [5, 5.41) is 11.4. The number of rotatable bonds is 32. The number of ether oxygens (including phenoxy) is 3. The van der Waals surface area contributed by atoms with Crippen molar-refractivity contribution in [3.8, 4) is 11.1 Å². The predicted octanol–water partition coefficient (Wildman–Crippen LogP) is 15.8. The van der Waals surface area contributed by atoms with E-state index >= 15 is 4.79 Å². The molecule has 1 unspecified atom stereocenters. The summed E-state index contributed by atoms with van der Waals surface area (Å²) in [6.07, 6.45) is 3.48. The Balaban J connectivity index is 0.944. The second-order valence-corrected chi connectivity index (χ2v) is 34.4. The van der Waals surface area contributed by atoms with E-state index in [1.807, 2.05) is 152 Å². The van der Waals surface area contributed by atoms with Crippen LogP contribution in [0.1, 0.15) is 97.9 Å². The monoisotopic (exact) mass is 1370 g/mol. The molecule has 1 aliphatic rings. The van der Waals surface area contributed by atoms with Crippen LogP contribution in [0.25, 0.3) is 11.1 Å². The lowest BCUT2D eigenvalue weighted by Gasteiger charge is -2.36. The fraction of sp³-hybridized carbons (Fsp3) is 0.293. The van der Waals surface area contributed by atoms with Crippen LogP contribution < -0.4 is 21.3 Å². The van der Waals surface area contributed by atoms with Gasteiger partial charge in [-0.3, -0.25) is 19.2 Å². The second-order valence-electron chi connectivity index (χ2n) is 26.3. The minimum atomic E-state index is -1.56. The molecule has 9 rings (SSSR count). The zero-order chi connectivity index (χ0) is 69.7. The van der Waals surface area contributed by atoms with Crippen molar-refractivity contribution in [3.05, 3.63) is 299 Å². The molecule has 4 N–H and O–H groups in total. The molecular weight excluding hydrogens is 1280 g/mol. The number of alkyl carbamates (subject to hydrolysis) is 1. The number of nitrogens with one attached hydrogen (secondary N) is 4. The van der Waals surface area contributed by atoms with E-state index in [4.69, 9.17) is 14.2 Å². The average Bonchev–Trinajstić information content (AvgIpc) is 1.34. The van der Waals surface area contributed by atoms with E-state index in [0.29, 0.717) is 12.2 Å². The van der Waals surface area contributed by atoms with Gasteiger partial charge in [0.25, 0.3) is 5.91 Å². The Bertz CT molecular complexity index is 3770. The van der Waals surface area contributed by atoms with Gasteiger partial charge >= 0.3 is 18.0 Å². The highest BCUT2D eigenvalue weighted by Gasteiger charge is 2.41. The fourth-order valence-electron chi connectivity index (χ4n) is 12.3. The number of carbonyl (C=O) groups is 6. The lowest BCUT2D eigenvalue weighted by molar-refractivity contribution is -0.156. The maximum atomic E-state index is 15.3. The van der Waals surface area contributed by atoms with Crippen LogP contribution in [0.4, 0.5) is 4.79 Å². The van der Waals surface area contributed by atoms with E-state index in [1.165, 1.54) is 17.8 Å². The smallest absolute Gasteiger partial charge is 0.407 e. The van der Waals surface area contributed by atoms with Crippen molar-refractivity contribution in [2.24, 2.45) is 11.8 Å². The second kappa shape index (κ2) is 34.8. The fourth-order valence-corrected chi connectivity index (χ4v) is 16.0. The van der Waals surface area contributed by atoms with Gasteiger partial charge in [0.1, 0.15) is 36.5 Å². The van der Waals surface area contributed by atoms with Crippen LogP contribution in [0, 0.1) is 11.8 Å². The van der Waals surface area contributed by atoms with E-state index in [1.54, 1.807) is 52.5 Å². The third kappa shape index (κ3) is 18.5. The van der Waals surface area contributed by atoms with Crippen molar-refractivity contribution < 1.29 is 43.0 Å². The average molecular weight is 1370 g/mol. The van der Waals surface area contributed by atoms with Crippen molar-refractivity contribution in [1.82, 2.24) is 21.3 Å². The van der Waals surface area contributed by atoms with E-state index in [0.717, 1.165) is 61.7 Å². The van der Waals surface area contributed by atoms with Crippen LogP contribution in [0.5, 0.6) is 0 Å². The van der Waals surface area contributed by atoms with Crippen molar-refractivity contribution in [1.29, 1.82) is 0 Å². The summed E-state index contributed by atoms with van der Waals surface area (Å²) >= 11 is 3.21. The molecule has 0 radical (unpaired) electrons. The Hall–Kier alpha value is -9.22. The zero-order valence-corrected chi connectivity index (χ0v) is 59.8. The number of carbonyl (C=O) groups excluding carboxylic acids is 6. The van der Waals surface area contributed by atoms with Crippen LogP contribution >= 0.6 is 23.5 Å². The Morgan fingerprint density at radius 1 is 0.520 bits per heavy atom. The molecule has 8 aromatic rings. The van der Waals surface area contributed by atoms with Crippen molar-refractivity contribution in [2.45, 2.75) is 113 Å². The molecular formula is C82H90N4O9S2Si. The van der Waals surface area contributed by atoms with E-state index in [-0.39, 0.29) is 37.0 Å². The summed E-state index contributed by atoms with van der Waals surface area (Å²) in [5.41, 5.74) is 10.1. The summed E-state index contributed by atoms with van der Waals surface area (Å²) in [7, 11) is -1.56. The number of hydrogen-bond donors (Lipinski definition) is 4. The largest absolute Gasteiger partial charge is 0.466 e. The van der Waals surface area contributed by atoms with Crippen LogP contribution in [0.2, 0.25) is 25.7 Å². The molecule has 0 saturated carbocycles. The molecule has 508 valence electrons. The van der Waals surface area contributed by atoms with Crippen LogP contribution in [-0.4, -0.2) is 92.8 Å². The number of hydrogen-bond acceptors (Lipinski definition) is 11. The van der Waals surface area contributed by atoms with E-state index in [9.17, 15) is 24.0 Å². The van der Waals surface area contributed by atoms with Gasteiger partial charge in [0, 0.05) is 19.7 Å². The third-order valence-corrected chi connectivity index (χ3v) is 22.4. The molecule has 0 spiro atoms. The molecule has 16 heteroatoms. The van der Waals surface area contributed by atoms with Gasteiger partial charge in [-0.25, -0.2) is 9.59 Å². The Morgan fingerprint density at radius 3 is 1.38 bits per heavy atom. The van der Waals surface area contributed by atoms with Gasteiger partial charge in [-0.1, -0.05) is 290 Å². The number of esters is 2. The highest BCUT2D eigenvalue weighted by atomic mass is 32.2. The van der Waals surface area contributed by atoms with Crippen LogP contribution in [0.3, 0.4) is 0 Å². The molecule has 0 aromatic heterocycles. The normalized spacial score (nSPS) is 13.7. The molecule has 0 saturated heterocycles. The summed E-state index contributed by atoms with van der Waals surface area (Å²) in [4.78, 5) is 87.1. The number of fused-ring (bicyclic) bond motifs is 3. The van der Waals surface area contributed by atoms with E-state index < -0.39 is 89.4 Å². The van der Waals surface area contributed by atoms with Crippen molar-refractivity contribution in [2.75, 3.05) is 24.7 Å². The number of allylic oxidation sites excluding steroid dienone is 2. The molecule has 4 atom stereocenters. The minimum Gasteiger partial charge on any atom is -0.466 e. The van der Waals surface area contributed by atoms with Crippen molar-refractivity contribution >= 4 is 67.4 Å². The van der Waals surface area contributed by atoms with Gasteiger partial charge in [-0.05, 0) is 98.7 Å². The molecule has 0 aliphatic heterocycles. The lowest BCUT2D eigenvalue weighted by Crippen LogP contribution is -2.57. The van der Waals surface area contributed by atoms with Crippen molar-refractivity contribution in [3.63, 3.8) is 0 Å². The quantitative estimate of drug-likeness (QED) is 0.00600. The predicted molar refractivity (Wildman–Crippen MR) is 398 cm³/mol. The summed E-state index contributed by atoms with van der Waals surface area (Å²) < 4.78 is 16.4. The summed E-state index contributed by atoms with van der Waals surface area (Å²) in [5.74, 6) is -4.16. The highest BCUT2D eigenvalue weighted by molar-refractivity contribution is 8.01. The Labute approximate surface area is 587 Å². The maximum Gasteiger partial charge on any atom is 0.407 e. The Kier molecular flexibility index (Phi) is 25.9. The first-order chi connectivity index (χ1) is 47.3. The Morgan fingerprint density at radius 2 is 0.949 bits per heavy atom. The molecule has 1 aliphatic carbocycles. The maximum absolute atomic E-state index is 15.3. The summed E-state index contributed by atoms with van der Waals surface area (Å²) in [6.45, 7) is 15.5. The van der Waals surface area contributed by atoms with Crippen LogP contribution in [0.15, 0.2) is 254 Å². The molecule has 98 heavy (non-hydrogen) atoms. The van der Waals surface area contributed by atoms with Gasteiger partial charge in [-0.2, -0.15) is 0 Å². The van der Waals surface area contributed by atoms with Crippen LogP contribution in [-0.2, 0) is 47.7 Å². The number of amides is 4. The number of thioether (sulfide) groups is 2. The van der Waals surface area contributed by atoms with Gasteiger partial charge in [0.2, 0.25) is 11.8 Å². The standard InChI is InChI=1S/C82H90N4O9S2Si/c1-9-71(76(88)85-75(58(4)5)79(91)95-65(54-73(87)93-51-53-98(6,7)8)46-32-33-52-96-81(59-34-16-10-17-35-59,60-36-18-11-19-37-60)61-38-20-12-21-39-61)83-77(89)72(56-97-82(62-40-22-13-23-41-62,63-42-24-14-25-43-63)64-44-26-15-27-45-64)84-78(90)74(57(2)3)86-80(92)94-55-70-68-49-30-28-47-66(68)67-48-29-31-50-69(67)70/h9-32,34-50,57-58,65,70,72,74-75H,33,51-56H2,1-8H3,(H,83,89)(H,84,90)(H,85,88)(H,86,92)/b46-32-,71-9-/t65?,72-,74-,75+/m1/s1. The molecule has 13 nitrogen and oxygen atoms in total. The first kappa shape index (κ1) is 73.0. The first-order valence-corrected chi connectivity index (χ1v) is 39.3.